The maximum atomic E-state index is 13.9. The second-order valence-corrected chi connectivity index (χ2v) is 12.4. The molecule has 0 radical (unpaired) electrons. The number of benzene rings is 2. The smallest absolute Gasteiger partial charge is 0.338 e. The largest absolute Gasteiger partial charge is 0.465 e. The molecule has 0 spiro atoms. The fourth-order valence-electron chi connectivity index (χ4n) is 5.81. The normalized spacial score (nSPS) is 19.0. The van der Waals surface area contributed by atoms with Gasteiger partial charge >= 0.3 is 5.97 Å². The Morgan fingerprint density at radius 1 is 1.09 bits per heavy atom. The van der Waals surface area contributed by atoms with E-state index in [4.69, 9.17) is 27.9 Å². The number of carbonyl (C=O) groups excluding carboxylic acids is 3. The summed E-state index contributed by atoms with van der Waals surface area (Å²) in [6, 6.07) is 10.3. The zero-order valence-electron chi connectivity index (χ0n) is 24.6. The number of anilines is 1. The van der Waals surface area contributed by atoms with Gasteiger partial charge in [0.2, 0.25) is 5.91 Å². The van der Waals surface area contributed by atoms with Crippen molar-refractivity contribution >= 4 is 52.4 Å². The fourth-order valence-corrected chi connectivity index (χ4v) is 6.34. The lowest BCUT2D eigenvalue weighted by Crippen LogP contribution is -2.52. The van der Waals surface area contributed by atoms with Crippen LogP contribution in [0.5, 0.6) is 0 Å². The van der Waals surface area contributed by atoms with Crippen molar-refractivity contribution < 1.29 is 19.1 Å². The zero-order chi connectivity index (χ0) is 30.9. The lowest BCUT2D eigenvalue weighted by atomic mass is 9.71. The first-order valence-electron chi connectivity index (χ1n) is 14.2. The summed E-state index contributed by atoms with van der Waals surface area (Å²) in [6.45, 7) is 7.81. The molecule has 1 fully saturated rings. The number of likely N-dealkylation sites (tertiary alicyclic amines) is 1. The number of hydrogen-bond acceptors (Lipinski definition) is 7. The maximum Gasteiger partial charge on any atom is 0.338 e. The SMILES string of the molecule is COC(=O)c1cc(N2N=C(C(=O)N3CCCC(Cn4cc(-c5cc(Cl)cc(Cl)c5)nn4)(C(C)C)C3)CCC2=O)ccc1C. The minimum Gasteiger partial charge on any atom is -0.465 e. The summed E-state index contributed by atoms with van der Waals surface area (Å²) >= 11 is 12.4. The first-order valence-corrected chi connectivity index (χ1v) is 15.0. The number of carbonyl (C=O) groups is 3. The Morgan fingerprint density at radius 2 is 1.84 bits per heavy atom. The molecule has 0 aliphatic carbocycles. The maximum absolute atomic E-state index is 13.9. The molecule has 2 aliphatic heterocycles. The van der Waals surface area contributed by atoms with E-state index in [0.29, 0.717) is 52.3 Å². The molecule has 1 atom stereocenters. The summed E-state index contributed by atoms with van der Waals surface area (Å²) in [5, 5.41) is 15.5. The highest BCUT2D eigenvalue weighted by molar-refractivity contribution is 6.40. The highest BCUT2D eigenvalue weighted by Gasteiger charge is 2.42. The van der Waals surface area contributed by atoms with Crippen LogP contribution in [0.2, 0.25) is 10.0 Å². The van der Waals surface area contributed by atoms with E-state index in [1.54, 1.807) is 43.3 Å². The van der Waals surface area contributed by atoms with Crippen LogP contribution in [0, 0.1) is 18.3 Å². The molecule has 2 aromatic carbocycles. The molecule has 2 aliphatic rings. The minimum atomic E-state index is -0.502. The quantitative estimate of drug-likeness (QED) is 0.307. The Kier molecular flexibility index (Phi) is 8.89. The molecule has 10 nitrogen and oxygen atoms in total. The van der Waals surface area contributed by atoms with Gasteiger partial charge in [-0.1, -0.05) is 48.3 Å². The van der Waals surface area contributed by atoms with Crippen molar-refractivity contribution in [2.24, 2.45) is 16.4 Å². The number of ether oxygens (including phenoxy) is 1. The molecule has 1 unspecified atom stereocenters. The predicted molar refractivity (Wildman–Crippen MR) is 165 cm³/mol. The first kappa shape index (κ1) is 30.7. The Labute approximate surface area is 260 Å². The van der Waals surface area contributed by atoms with E-state index >= 15 is 0 Å². The van der Waals surface area contributed by atoms with Crippen LogP contribution in [-0.4, -0.2) is 63.6 Å². The lowest BCUT2D eigenvalue weighted by Gasteiger charge is -2.45. The number of nitrogens with zero attached hydrogens (tertiary/aromatic N) is 6. The minimum absolute atomic E-state index is 0.143. The predicted octanol–water partition coefficient (Wildman–Crippen LogP) is 5.79. The number of aryl methyl sites for hydroxylation is 1. The average molecular weight is 626 g/mol. The van der Waals surface area contributed by atoms with Crippen LogP contribution >= 0.6 is 23.2 Å². The third-order valence-electron chi connectivity index (χ3n) is 8.44. The highest BCUT2D eigenvalue weighted by Crippen LogP contribution is 2.39. The molecule has 3 aromatic rings. The number of halogens is 2. The number of rotatable bonds is 7. The molecule has 0 saturated carbocycles. The molecule has 0 N–H and O–H groups in total. The summed E-state index contributed by atoms with van der Waals surface area (Å²) in [7, 11) is 1.31. The van der Waals surface area contributed by atoms with Gasteiger partial charge in [0.15, 0.2) is 0 Å². The standard InChI is InChI=1S/C31H34Cl2N6O4/c1-19(2)31(18-38-16-27(34-36-38)21-12-22(32)14-23(33)13-21)10-5-11-37(17-31)29(41)26-8-9-28(40)39(35-26)24-7-6-20(3)25(15-24)30(42)43-4/h6-7,12-16,19H,5,8-11,17-18H2,1-4H3. The van der Waals surface area contributed by atoms with Gasteiger partial charge in [0.1, 0.15) is 11.4 Å². The van der Waals surface area contributed by atoms with Gasteiger partial charge < -0.3 is 9.64 Å². The van der Waals surface area contributed by atoms with Crippen molar-refractivity contribution in [3.63, 3.8) is 0 Å². The molecule has 1 saturated heterocycles. The number of hydrazone groups is 1. The van der Waals surface area contributed by atoms with E-state index < -0.39 is 5.97 Å². The van der Waals surface area contributed by atoms with Crippen LogP contribution in [0.4, 0.5) is 5.69 Å². The van der Waals surface area contributed by atoms with Crippen molar-refractivity contribution in [2.45, 2.75) is 53.0 Å². The van der Waals surface area contributed by atoms with E-state index in [1.165, 1.54) is 12.1 Å². The number of hydrogen-bond donors (Lipinski definition) is 0. The van der Waals surface area contributed by atoms with Crippen LogP contribution < -0.4 is 5.01 Å². The van der Waals surface area contributed by atoms with Crippen molar-refractivity contribution in [3.8, 4) is 11.3 Å². The Hall–Kier alpha value is -3.76. The fraction of sp³-hybridized carbons (Fsp3) is 0.419. The zero-order valence-corrected chi connectivity index (χ0v) is 26.2. The van der Waals surface area contributed by atoms with Crippen LogP contribution in [0.15, 0.2) is 47.7 Å². The molecular weight excluding hydrogens is 591 g/mol. The van der Waals surface area contributed by atoms with E-state index in [1.807, 2.05) is 15.8 Å². The van der Waals surface area contributed by atoms with E-state index in [9.17, 15) is 14.4 Å². The molecular formula is C31H34Cl2N6O4. The third-order valence-corrected chi connectivity index (χ3v) is 8.88. The second-order valence-electron chi connectivity index (χ2n) is 11.5. The van der Waals surface area contributed by atoms with Crippen molar-refractivity contribution in [1.82, 2.24) is 19.9 Å². The topological polar surface area (TPSA) is 110 Å². The van der Waals surface area contributed by atoms with Gasteiger partial charge in [-0.05, 0) is 61.6 Å². The molecule has 0 bridgehead atoms. The average Bonchev–Trinajstić information content (AvgIpc) is 3.45. The number of esters is 1. The molecule has 2 amide bonds. The van der Waals surface area contributed by atoms with Crippen LogP contribution in [0.3, 0.4) is 0 Å². The second kappa shape index (κ2) is 12.5. The summed E-state index contributed by atoms with van der Waals surface area (Å²) in [6.07, 6.45) is 4.02. The number of aromatic nitrogens is 3. The Morgan fingerprint density at radius 3 is 2.53 bits per heavy atom. The number of piperidine rings is 1. The van der Waals surface area contributed by atoms with Gasteiger partial charge in [-0.25, -0.2) is 9.80 Å². The summed E-state index contributed by atoms with van der Waals surface area (Å²) in [5.41, 5.74) is 2.99. The van der Waals surface area contributed by atoms with Crippen LogP contribution in [0.25, 0.3) is 11.3 Å². The van der Waals surface area contributed by atoms with Gasteiger partial charge in [-0.2, -0.15) is 5.10 Å². The molecule has 1 aromatic heterocycles. The number of methoxy groups -OCH3 is 1. The lowest BCUT2D eigenvalue weighted by molar-refractivity contribution is -0.129. The molecule has 226 valence electrons. The van der Waals surface area contributed by atoms with Gasteiger partial charge in [0.05, 0.1) is 31.1 Å². The summed E-state index contributed by atoms with van der Waals surface area (Å²) < 4.78 is 6.71. The van der Waals surface area contributed by atoms with E-state index in [0.717, 1.165) is 24.0 Å². The Balaban J connectivity index is 1.37. The van der Waals surface area contributed by atoms with Crippen molar-refractivity contribution in [1.29, 1.82) is 0 Å². The van der Waals surface area contributed by atoms with Gasteiger partial charge in [0, 0.05) is 47.0 Å². The van der Waals surface area contributed by atoms with Crippen molar-refractivity contribution in [3.05, 3.63) is 63.8 Å². The van der Waals surface area contributed by atoms with Crippen molar-refractivity contribution in [2.75, 3.05) is 25.2 Å². The summed E-state index contributed by atoms with van der Waals surface area (Å²) in [4.78, 5) is 40.8. The van der Waals surface area contributed by atoms with Gasteiger partial charge in [-0.3, -0.25) is 14.3 Å². The Bertz CT molecular complexity index is 1580. The molecule has 5 rings (SSSR count). The van der Waals surface area contributed by atoms with E-state index in [-0.39, 0.29) is 36.0 Å². The first-order chi connectivity index (χ1) is 20.5. The molecule has 43 heavy (non-hydrogen) atoms. The number of amides is 2. The highest BCUT2D eigenvalue weighted by atomic mass is 35.5. The summed E-state index contributed by atoms with van der Waals surface area (Å²) in [5.74, 6) is -0.685. The molecule has 12 heteroatoms. The third kappa shape index (κ3) is 6.45. The molecule has 3 heterocycles. The van der Waals surface area contributed by atoms with Crippen LogP contribution in [-0.2, 0) is 20.9 Å². The van der Waals surface area contributed by atoms with Gasteiger partial charge in [-0.15, -0.1) is 5.10 Å². The monoisotopic (exact) mass is 624 g/mol. The van der Waals surface area contributed by atoms with Crippen LogP contribution in [0.1, 0.15) is 55.5 Å². The van der Waals surface area contributed by atoms with E-state index in [2.05, 4.69) is 29.3 Å². The van der Waals surface area contributed by atoms with Gasteiger partial charge in [0.25, 0.3) is 5.91 Å².